The number of nitrogens with zero attached hydrogens (tertiary/aromatic N) is 4. The zero-order chi connectivity index (χ0) is 48.7. The quantitative estimate of drug-likeness (QED) is 0.141. The first-order chi connectivity index (χ1) is 33.7. The molecule has 2 aliphatic heterocycles. The van der Waals surface area contributed by atoms with E-state index >= 15 is 0 Å². The minimum absolute atomic E-state index is 0.0552. The van der Waals surface area contributed by atoms with Gasteiger partial charge >= 0.3 is 0 Å². The summed E-state index contributed by atoms with van der Waals surface area (Å²) in [5.74, 6) is 0. The molecule has 0 bridgehead atoms. The van der Waals surface area contributed by atoms with Crippen molar-refractivity contribution in [2.45, 2.75) is 76.2 Å². The van der Waals surface area contributed by atoms with Crippen molar-refractivity contribution in [1.82, 2.24) is 0 Å². The van der Waals surface area contributed by atoms with Gasteiger partial charge in [-0.2, -0.15) is 0 Å². The van der Waals surface area contributed by atoms with E-state index < -0.39 is 0 Å². The van der Waals surface area contributed by atoms with Crippen LogP contribution in [0.5, 0.6) is 0 Å². The highest BCUT2D eigenvalue weighted by atomic mass is 15.2. The lowest BCUT2D eigenvalue weighted by Gasteiger charge is -2.46. The Morgan fingerprint density at radius 2 is 0.671 bits per heavy atom. The molecule has 0 amide bonds. The van der Waals surface area contributed by atoms with Gasteiger partial charge in [0.25, 0.3) is 6.71 Å². The van der Waals surface area contributed by atoms with Crippen LogP contribution in [-0.4, -0.2) is 6.71 Å². The number of aryl methyl sites for hydroxylation is 11. The summed E-state index contributed by atoms with van der Waals surface area (Å²) in [5, 5.41) is 0. The zero-order valence-corrected chi connectivity index (χ0v) is 42.5. The molecule has 0 saturated heterocycles. The van der Waals surface area contributed by atoms with E-state index in [1.165, 1.54) is 112 Å². The van der Waals surface area contributed by atoms with Crippen LogP contribution < -0.4 is 36.0 Å². The monoisotopic (exact) mass is 908 g/mol. The van der Waals surface area contributed by atoms with E-state index in [0.717, 1.165) is 34.1 Å². The summed E-state index contributed by atoms with van der Waals surface area (Å²) in [4.78, 5) is 10.1. The molecule has 0 N–H and O–H groups in total. The van der Waals surface area contributed by atoms with Gasteiger partial charge in [-0.3, -0.25) is 0 Å². The molecule has 2 aliphatic rings. The van der Waals surface area contributed by atoms with Crippen LogP contribution >= 0.6 is 0 Å². The molecule has 0 saturated carbocycles. The molecule has 0 unspecified atom stereocenters. The van der Waals surface area contributed by atoms with Gasteiger partial charge in [-0.25, -0.2) is 0 Å². The summed E-state index contributed by atoms with van der Waals surface area (Å²) in [6, 6.07) is 64.5. The minimum atomic E-state index is -0.0552. The van der Waals surface area contributed by atoms with E-state index in [-0.39, 0.29) is 6.71 Å². The standard InChI is InChI=1S/C65H61BN4/c1-40-15-24-51(25-16-40)67(52-26-17-41(2)18-27-52)60-38-62-55(36-47(60)8)66-56-37-48(9)61(68(53-28-19-42(3)20-29-53)54-30-21-43(4)22-31-54)39-63(56)70(65-49(10)34-45(6)35-50(65)11)59-14-12-13-58(64(59)66)69(62)57-32-23-44(5)33-46(57)7/h12-39H,1-11H3. The van der Waals surface area contributed by atoms with Crippen molar-refractivity contribution in [3.05, 3.63) is 231 Å². The first kappa shape index (κ1) is 44.7. The van der Waals surface area contributed by atoms with Crippen LogP contribution in [0.4, 0.5) is 68.2 Å². The van der Waals surface area contributed by atoms with Crippen LogP contribution in [0.25, 0.3) is 0 Å². The number of anilines is 12. The lowest BCUT2D eigenvalue weighted by atomic mass is 9.33. The molecular formula is C65H61BN4. The van der Waals surface area contributed by atoms with Gasteiger partial charge in [0.15, 0.2) is 0 Å². The minimum Gasteiger partial charge on any atom is -0.311 e. The molecule has 0 fully saturated rings. The predicted molar refractivity (Wildman–Crippen MR) is 302 cm³/mol. The maximum Gasteiger partial charge on any atom is 0.252 e. The third-order valence-corrected chi connectivity index (χ3v) is 14.7. The van der Waals surface area contributed by atoms with Gasteiger partial charge in [-0.1, -0.05) is 124 Å². The topological polar surface area (TPSA) is 13.0 Å². The summed E-state index contributed by atoms with van der Waals surface area (Å²) in [6.07, 6.45) is 0. The van der Waals surface area contributed by atoms with Gasteiger partial charge in [-0.05, 0) is 199 Å². The number of benzene rings is 9. The molecule has 0 aromatic heterocycles. The van der Waals surface area contributed by atoms with E-state index in [2.05, 4.69) is 266 Å². The highest BCUT2D eigenvalue weighted by Crippen LogP contribution is 2.50. The van der Waals surface area contributed by atoms with Crippen LogP contribution in [0.2, 0.25) is 0 Å². The van der Waals surface area contributed by atoms with Crippen molar-refractivity contribution < 1.29 is 0 Å². The lowest BCUT2D eigenvalue weighted by molar-refractivity contribution is 1.18. The fraction of sp³-hybridized carbons (Fsp3) is 0.169. The number of rotatable bonds is 8. The molecule has 70 heavy (non-hydrogen) atoms. The van der Waals surface area contributed by atoms with Crippen molar-refractivity contribution in [2.24, 2.45) is 0 Å². The maximum absolute atomic E-state index is 2.60. The molecule has 4 nitrogen and oxygen atoms in total. The Morgan fingerprint density at radius 3 is 1.09 bits per heavy atom. The van der Waals surface area contributed by atoms with Crippen molar-refractivity contribution >= 4 is 91.3 Å². The first-order valence-corrected chi connectivity index (χ1v) is 24.8. The summed E-state index contributed by atoms with van der Waals surface area (Å²) in [6.45, 7) is 24.4. The van der Waals surface area contributed by atoms with E-state index in [1.807, 2.05) is 0 Å². The Kier molecular flexibility index (Phi) is 11.1. The van der Waals surface area contributed by atoms with Crippen molar-refractivity contribution in [3.63, 3.8) is 0 Å². The average Bonchev–Trinajstić information content (AvgIpc) is 3.33. The fourth-order valence-corrected chi connectivity index (χ4v) is 11.4. The Hall–Kier alpha value is -7.76. The molecule has 0 aliphatic carbocycles. The fourth-order valence-electron chi connectivity index (χ4n) is 11.4. The molecule has 9 aromatic rings. The number of hydrogen-bond donors (Lipinski definition) is 0. The van der Waals surface area contributed by atoms with E-state index in [0.29, 0.717) is 0 Å². The summed E-state index contributed by atoms with van der Waals surface area (Å²) < 4.78 is 0. The second-order valence-electron chi connectivity index (χ2n) is 20.3. The molecule has 9 aromatic carbocycles. The number of fused-ring (bicyclic) bond motifs is 4. The molecule has 5 heteroatoms. The Bertz CT molecular complexity index is 3380. The molecule has 0 spiro atoms. The highest BCUT2D eigenvalue weighted by molar-refractivity contribution is 7.00. The molecule has 0 radical (unpaired) electrons. The van der Waals surface area contributed by atoms with E-state index in [1.54, 1.807) is 0 Å². The zero-order valence-electron chi connectivity index (χ0n) is 42.5. The Balaban J connectivity index is 1.23. The third-order valence-electron chi connectivity index (χ3n) is 14.7. The second-order valence-corrected chi connectivity index (χ2v) is 20.3. The van der Waals surface area contributed by atoms with Gasteiger partial charge < -0.3 is 19.6 Å². The van der Waals surface area contributed by atoms with Gasteiger partial charge in [0.05, 0.1) is 17.1 Å². The van der Waals surface area contributed by atoms with Crippen LogP contribution in [0, 0.1) is 76.2 Å². The van der Waals surface area contributed by atoms with Crippen LogP contribution in [0.3, 0.4) is 0 Å². The lowest BCUT2D eigenvalue weighted by Crippen LogP contribution is -2.61. The molecule has 344 valence electrons. The van der Waals surface area contributed by atoms with Crippen LogP contribution in [0.15, 0.2) is 170 Å². The van der Waals surface area contributed by atoms with Crippen molar-refractivity contribution in [1.29, 1.82) is 0 Å². The van der Waals surface area contributed by atoms with E-state index in [9.17, 15) is 0 Å². The highest BCUT2D eigenvalue weighted by Gasteiger charge is 2.45. The third kappa shape index (κ3) is 7.56. The molecule has 0 atom stereocenters. The van der Waals surface area contributed by atoms with Crippen LogP contribution in [0.1, 0.15) is 61.2 Å². The summed E-state index contributed by atoms with van der Waals surface area (Å²) in [7, 11) is 0. The summed E-state index contributed by atoms with van der Waals surface area (Å²) in [5.41, 5.74) is 31.6. The van der Waals surface area contributed by atoms with Crippen LogP contribution in [-0.2, 0) is 0 Å². The SMILES string of the molecule is Cc1ccc(N(c2ccc(C)cc2)c2cc3c(cc2C)B2c4cc(C)c(N(c5ccc(C)cc5)c5ccc(C)cc5)cc4N(c4c(C)cc(C)cc4C)c4cccc(c42)N3c2ccc(C)cc2C)cc1. The average molecular weight is 909 g/mol. The van der Waals surface area contributed by atoms with E-state index in [4.69, 9.17) is 0 Å². The van der Waals surface area contributed by atoms with Gasteiger partial charge in [0.2, 0.25) is 0 Å². The van der Waals surface area contributed by atoms with Crippen molar-refractivity contribution in [3.8, 4) is 0 Å². The van der Waals surface area contributed by atoms with Gasteiger partial charge in [0, 0.05) is 51.2 Å². The first-order valence-electron chi connectivity index (χ1n) is 24.8. The van der Waals surface area contributed by atoms with Crippen molar-refractivity contribution in [2.75, 3.05) is 19.6 Å². The normalized spacial score (nSPS) is 12.4. The Labute approximate surface area is 416 Å². The number of hydrogen-bond acceptors (Lipinski definition) is 4. The molecular weight excluding hydrogens is 848 g/mol. The smallest absolute Gasteiger partial charge is 0.252 e. The Morgan fingerprint density at radius 1 is 0.300 bits per heavy atom. The predicted octanol–water partition coefficient (Wildman–Crippen LogP) is 16.1. The summed E-state index contributed by atoms with van der Waals surface area (Å²) >= 11 is 0. The largest absolute Gasteiger partial charge is 0.311 e. The van der Waals surface area contributed by atoms with Gasteiger partial charge in [-0.15, -0.1) is 0 Å². The molecule has 11 rings (SSSR count). The van der Waals surface area contributed by atoms with Gasteiger partial charge in [0.1, 0.15) is 0 Å². The maximum atomic E-state index is 2.60. The molecule has 2 heterocycles. The second kappa shape index (κ2) is 17.3.